The Morgan fingerprint density at radius 3 is 2.24 bits per heavy atom. The van der Waals surface area contributed by atoms with Crippen molar-refractivity contribution in [3.05, 3.63) is 29.3 Å². The molecule has 0 unspecified atom stereocenters. The summed E-state index contributed by atoms with van der Waals surface area (Å²) in [6.07, 6.45) is -3.49. The summed E-state index contributed by atoms with van der Waals surface area (Å²) >= 11 is 0. The summed E-state index contributed by atoms with van der Waals surface area (Å²) in [5.41, 5.74) is -1.28. The zero-order valence-electron chi connectivity index (χ0n) is 32.5. The lowest BCUT2D eigenvalue weighted by Crippen LogP contribution is -2.50. The summed E-state index contributed by atoms with van der Waals surface area (Å²) < 4.78 is 21.7. The third-order valence-electron chi connectivity index (χ3n) is 8.30. The molecule has 306 valence electrons. The van der Waals surface area contributed by atoms with E-state index in [1.165, 1.54) is 39.9 Å². The molecule has 1 aromatic rings. The van der Waals surface area contributed by atoms with Gasteiger partial charge in [0.05, 0.1) is 23.2 Å². The van der Waals surface area contributed by atoms with E-state index in [4.69, 9.17) is 18.9 Å². The van der Waals surface area contributed by atoms with E-state index in [-0.39, 0.29) is 74.8 Å². The number of hydrogen-bond donors (Lipinski definition) is 7. The van der Waals surface area contributed by atoms with E-state index in [0.717, 1.165) is 0 Å². The lowest BCUT2D eigenvalue weighted by atomic mass is 9.85. The molecule has 1 heterocycles. The second kappa shape index (κ2) is 22.0. The maximum Gasteiger partial charge on any atom is 0.333 e. The zero-order valence-corrected chi connectivity index (χ0v) is 32.5. The van der Waals surface area contributed by atoms with E-state index in [9.17, 15) is 48.9 Å². The van der Waals surface area contributed by atoms with Crippen LogP contribution in [0.1, 0.15) is 96.0 Å². The molecule has 7 N–H and O–H groups in total. The van der Waals surface area contributed by atoms with Crippen LogP contribution in [0.5, 0.6) is 5.75 Å². The normalized spacial score (nSPS) is 18.1. The van der Waals surface area contributed by atoms with Crippen LogP contribution in [-0.2, 0) is 44.8 Å². The molecule has 1 aromatic carbocycles. The van der Waals surface area contributed by atoms with E-state index in [0.29, 0.717) is 18.4 Å². The summed E-state index contributed by atoms with van der Waals surface area (Å²) in [5, 5.41) is 40.2. The molecule has 0 aromatic heterocycles. The predicted octanol–water partition coefficient (Wildman–Crippen LogP) is 0.606. The van der Waals surface area contributed by atoms with Gasteiger partial charge in [0.2, 0.25) is 37.7 Å². The summed E-state index contributed by atoms with van der Waals surface area (Å²) in [6.45, 7) is 9.56. The summed E-state index contributed by atoms with van der Waals surface area (Å²) in [5.74, 6) is -5.62. The molecule has 1 aliphatic heterocycles. The molecule has 0 bridgehead atoms. The van der Waals surface area contributed by atoms with Gasteiger partial charge in [-0.05, 0) is 84.9 Å². The Labute approximate surface area is 321 Å². The quantitative estimate of drug-likeness (QED) is 0.0629. The first-order valence-corrected chi connectivity index (χ1v) is 18.2. The second-order valence-corrected chi connectivity index (χ2v) is 14.6. The largest absolute Gasteiger partial charge is 0.481 e. The molecule has 4 amide bonds. The van der Waals surface area contributed by atoms with Crippen LogP contribution in [0.2, 0.25) is 0 Å². The molecule has 0 saturated carbocycles. The van der Waals surface area contributed by atoms with Gasteiger partial charge in [0, 0.05) is 25.4 Å². The fraction of sp³-hybridized carbons (Fsp3) is 0.639. The molecule has 1 saturated heterocycles. The van der Waals surface area contributed by atoms with Crippen LogP contribution in [-0.4, -0.2) is 120 Å². The molecule has 19 heteroatoms. The molecule has 5 atom stereocenters. The first-order valence-electron chi connectivity index (χ1n) is 18.2. The summed E-state index contributed by atoms with van der Waals surface area (Å²) in [7, 11) is 1.20. The molecule has 1 aliphatic rings. The third-order valence-corrected chi connectivity index (χ3v) is 8.30. The number of benzene rings is 1. The highest BCUT2D eigenvalue weighted by Gasteiger charge is 2.37. The number of carboxylic acids is 2. The van der Waals surface area contributed by atoms with Crippen molar-refractivity contribution in [2.45, 2.75) is 129 Å². The van der Waals surface area contributed by atoms with Gasteiger partial charge in [-0.25, -0.2) is 4.79 Å². The monoisotopic (exact) mass is 778 g/mol. The van der Waals surface area contributed by atoms with Gasteiger partial charge in [-0.1, -0.05) is 6.07 Å². The van der Waals surface area contributed by atoms with Crippen molar-refractivity contribution in [1.29, 1.82) is 0 Å². The van der Waals surface area contributed by atoms with E-state index < -0.39 is 71.5 Å². The smallest absolute Gasteiger partial charge is 0.333 e. The number of carbonyl (C=O) groups is 7. The highest BCUT2D eigenvalue weighted by molar-refractivity contribution is 6.55. The van der Waals surface area contributed by atoms with Gasteiger partial charge in [-0.3, -0.25) is 28.8 Å². The van der Waals surface area contributed by atoms with Gasteiger partial charge in [-0.2, -0.15) is 0 Å². The van der Waals surface area contributed by atoms with Crippen molar-refractivity contribution in [3.8, 4) is 5.75 Å². The molecule has 18 nitrogen and oxygen atoms in total. The number of hydrogen-bond acceptors (Lipinski definition) is 12. The van der Waals surface area contributed by atoms with Crippen LogP contribution in [0.15, 0.2) is 18.2 Å². The average Bonchev–Trinajstić information content (AvgIpc) is 3.08. The van der Waals surface area contributed by atoms with Crippen molar-refractivity contribution >= 4 is 49.3 Å². The summed E-state index contributed by atoms with van der Waals surface area (Å²) in [6, 6.07) is 1.78. The minimum absolute atomic E-state index is 0.0833. The Kier molecular flexibility index (Phi) is 18.5. The van der Waals surface area contributed by atoms with Crippen molar-refractivity contribution in [1.82, 2.24) is 21.3 Å². The highest BCUT2D eigenvalue weighted by Crippen LogP contribution is 2.28. The van der Waals surface area contributed by atoms with Gasteiger partial charge in [-0.15, -0.1) is 0 Å². The van der Waals surface area contributed by atoms with E-state index in [2.05, 4.69) is 21.3 Å². The van der Waals surface area contributed by atoms with Crippen LogP contribution >= 0.6 is 0 Å². The van der Waals surface area contributed by atoms with E-state index >= 15 is 0 Å². The molecule has 2 rings (SSSR count). The number of nitrogens with one attached hydrogen (secondary N) is 4. The first-order chi connectivity index (χ1) is 25.7. The van der Waals surface area contributed by atoms with Crippen LogP contribution < -0.4 is 26.0 Å². The Morgan fingerprint density at radius 1 is 0.945 bits per heavy atom. The standard InChI is InChI=1S/C36H55BN4O14/c1-19(2)39-32(46)24(40-28(43)18-52-20(3)4)9-7-8-12-38-31(45)25(16-36(5,6)34(49)50)41-30(44)23-13-21(17-53-35(37)51)10-11-26(23)54-29-15-22(42)14-27(55-29)33(47)48/h10-11,13,19-20,22,24-25,27,29,42H,7-9,12,14-18,37H2,1-6H3,(H,38,45)(H,39,46)(H,40,43)(H,41,44)(H,47,48)(H,49,50)/t22-,24-,25-,27-,29+/m0/s1. The molecule has 0 aliphatic carbocycles. The molecule has 1 fully saturated rings. The molecule has 55 heavy (non-hydrogen) atoms. The Hall–Kier alpha value is -4.75. The number of aliphatic hydroxyl groups is 1. The van der Waals surface area contributed by atoms with Crippen molar-refractivity contribution in [2.24, 2.45) is 5.41 Å². The number of carboxylic acid groups (broad SMARTS) is 2. The third kappa shape index (κ3) is 16.7. The van der Waals surface area contributed by atoms with Gasteiger partial charge in [0.15, 0.2) is 6.10 Å². The molecule has 0 spiro atoms. The maximum absolute atomic E-state index is 13.9. The predicted molar refractivity (Wildman–Crippen MR) is 198 cm³/mol. The number of amides is 4. The number of rotatable bonds is 22. The van der Waals surface area contributed by atoms with Gasteiger partial charge < -0.3 is 55.5 Å². The average molecular weight is 779 g/mol. The molecular weight excluding hydrogens is 723 g/mol. The van der Waals surface area contributed by atoms with Crippen LogP contribution in [0.3, 0.4) is 0 Å². The van der Waals surface area contributed by atoms with Crippen molar-refractivity contribution in [3.63, 3.8) is 0 Å². The van der Waals surface area contributed by atoms with Crippen LogP contribution in [0.4, 0.5) is 4.79 Å². The number of aliphatic carboxylic acids is 2. The van der Waals surface area contributed by atoms with Crippen molar-refractivity contribution in [2.75, 3.05) is 13.2 Å². The minimum atomic E-state index is -1.47. The highest BCUT2D eigenvalue weighted by atomic mass is 16.7. The van der Waals surface area contributed by atoms with Gasteiger partial charge >= 0.3 is 11.9 Å². The molecule has 0 radical (unpaired) electrons. The van der Waals surface area contributed by atoms with Crippen molar-refractivity contribution < 1.29 is 67.8 Å². The topological polar surface area (TPSA) is 265 Å². The Bertz CT molecular complexity index is 1520. The lowest BCUT2D eigenvalue weighted by Gasteiger charge is -2.31. The lowest BCUT2D eigenvalue weighted by molar-refractivity contribution is -0.195. The number of unbranched alkanes of at least 4 members (excludes halogenated alkanes) is 1. The minimum Gasteiger partial charge on any atom is -0.481 e. The number of carbonyl (C=O) groups excluding carboxylic acids is 5. The summed E-state index contributed by atoms with van der Waals surface area (Å²) in [4.78, 5) is 87.7. The second-order valence-electron chi connectivity index (χ2n) is 14.6. The maximum atomic E-state index is 13.9. The first kappa shape index (κ1) is 46.4. The number of aliphatic hydroxyl groups excluding tert-OH is 1. The fourth-order valence-corrected chi connectivity index (χ4v) is 5.35. The molecular formula is C36H55BN4O14. The number of ether oxygens (including phenoxy) is 4. The fourth-order valence-electron chi connectivity index (χ4n) is 5.35. The van der Waals surface area contributed by atoms with E-state index in [1.807, 2.05) is 0 Å². The Morgan fingerprint density at radius 2 is 1.64 bits per heavy atom. The Balaban J connectivity index is 2.24. The van der Waals surface area contributed by atoms with Crippen LogP contribution in [0.25, 0.3) is 0 Å². The van der Waals surface area contributed by atoms with E-state index in [1.54, 1.807) is 27.7 Å². The van der Waals surface area contributed by atoms with Gasteiger partial charge in [0.25, 0.3) is 5.91 Å². The van der Waals surface area contributed by atoms with Gasteiger partial charge in [0.1, 0.15) is 31.0 Å². The SMILES string of the molecule is BC(=O)OCc1ccc(O[C@H]2C[C@@H](O)C[C@@H](C(=O)O)O2)c(C(=O)N[C@@H](CC(C)(C)C(=O)O)C(=O)NCCCC[C@H](NC(=O)COC(C)C)C(=O)NC(C)C)c1. The zero-order chi connectivity index (χ0) is 41.5. The van der Waals surface area contributed by atoms with Crippen LogP contribution in [0, 0.1) is 5.41 Å².